The van der Waals surface area contributed by atoms with Crippen LogP contribution in [0.15, 0.2) is 224 Å². The summed E-state index contributed by atoms with van der Waals surface area (Å²) >= 11 is 0. The zero-order valence-corrected chi connectivity index (χ0v) is 86.1. The number of hydrogen-bond acceptors (Lipinski definition) is 12. The topological polar surface area (TPSA) is 178 Å². The third-order valence-electron chi connectivity index (χ3n) is 24.1. The molecule has 12 nitrogen and oxygen atoms in total. The first kappa shape index (κ1) is 108. The molecule has 0 amide bonds. The summed E-state index contributed by atoms with van der Waals surface area (Å²) in [5, 5.41) is 36.3. The van der Waals surface area contributed by atoms with Gasteiger partial charge in [0.05, 0.1) is 0 Å². The molecule has 1 fully saturated rings. The van der Waals surface area contributed by atoms with Gasteiger partial charge in [-0.2, -0.15) is 46.0 Å². The number of aliphatic hydroxyl groups excluding tert-OH is 3. The van der Waals surface area contributed by atoms with Gasteiger partial charge in [0.15, 0.2) is 17.3 Å². The second kappa shape index (κ2) is 48.2. The molecule has 1 saturated carbocycles. The van der Waals surface area contributed by atoms with E-state index in [1.807, 2.05) is 213 Å². The molecule has 0 atom stereocenters. The van der Waals surface area contributed by atoms with Crippen LogP contribution >= 0.6 is 0 Å². The monoisotopic (exact) mass is 2220 g/mol. The third-order valence-corrected chi connectivity index (χ3v) is 24.1. The number of nitrogens with zero attached hydrogens (tertiary/aromatic N) is 3. The van der Waals surface area contributed by atoms with E-state index in [-0.39, 0.29) is 133 Å². The molecule has 3 radical (unpaired) electrons. The molecule has 675 valence electrons. The number of carbonyl (C=O) groups excluding carboxylic acids is 3. The molecule has 3 aromatic heterocycles. The van der Waals surface area contributed by atoms with E-state index >= 15 is 0 Å². The molecule has 0 bridgehead atoms. The molecular formula is C110H136Ir3N3O9-3. The van der Waals surface area contributed by atoms with Crippen molar-refractivity contribution in [3.8, 4) is 57.1 Å². The number of carbonyl (C=O) groups is 3. The number of pyridine rings is 3. The minimum Gasteiger partial charge on any atom is -0.512 e. The normalized spacial score (nSPS) is 12.7. The van der Waals surface area contributed by atoms with E-state index in [4.69, 9.17) is 14.2 Å². The van der Waals surface area contributed by atoms with Crippen molar-refractivity contribution in [3.63, 3.8) is 0 Å². The third kappa shape index (κ3) is 32.7. The average molecular weight is 2220 g/mol. The molecular weight excluding hydrogens is 2080 g/mol. The van der Waals surface area contributed by atoms with Crippen LogP contribution in [0.5, 0.6) is 34.9 Å². The fourth-order valence-corrected chi connectivity index (χ4v) is 12.6. The van der Waals surface area contributed by atoms with Crippen molar-refractivity contribution >= 4 is 49.7 Å². The van der Waals surface area contributed by atoms with Crippen molar-refractivity contribution in [1.29, 1.82) is 0 Å². The number of ketones is 3. The maximum Gasteiger partial charge on any atom is 0.217 e. The standard InChI is InChI=1S/C26H24NO.C23H18NO.C22H22NO.3C13H24O2.3Ir/c1-18-12-23(26(2,3)4)16-24(13-18)28-25-15-22-14-20(10-11-21(22)17-27-25)19-8-6-5-7-9-19;1-16-10-17(2)12-22(11-16)25-23-14-21-13-19(8-9-20(21)15-24-23)18-6-4-3-5-7-18;1-15-9-16(2)11-21(10-15)24-22-13-20-12-18(17-5-3-4-6-17)7-8-19(20)14-23-22;3*1-7-12(3,4)10(14)9-11(15)13(5,6)8-2;;;/h5-12,14-17H,1-4H3;3-11,13-15H,1-2H3;7-10,12-14,17H,3-6H2,1-2H3;3*9,14H,7-8H2,1-6H3;;;/q3*-1;;;;;;. The Bertz CT molecular complexity index is 5280. The summed E-state index contributed by atoms with van der Waals surface area (Å²) in [5.74, 6) is 5.23. The van der Waals surface area contributed by atoms with Crippen molar-refractivity contribution in [1.82, 2.24) is 15.0 Å². The Kier molecular flexibility index (Phi) is 41.8. The molecule has 12 rings (SSSR count). The Morgan fingerprint density at radius 2 is 0.648 bits per heavy atom. The molecule has 1 aliphatic rings. The summed E-state index contributed by atoms with van der Waals surface area (Å²) in [5.41, 5.74) is 11.0. The Balaban J connectivity index is 0.000000320. The summed E-state index contributed by atoms with van der Waals surface area (Å²) in [6, 6.07) is 68.4. The molecule has 1 aliphatic carbocycles. The number of ether oxygens (including phenoxy) is 3. The minimum absolute atomic E-state index is 0. The molecule has 8 aromatic carbocycles. The summed E-state index contributed by atoms with van der Waals surface area (Å²) < 4.78 is 18.0. The second-order valence-corrected chi connectivity index (χ2v) is 37.5. The van der Waals surface area contributed by atoms with E-state index in [0.717, 1.165) is 99.4 Å². The van der Waals surface area contributed by atoms with E-state index in [2.05, 4.69) is 188 Å². The van der Waals surface area contributed by atoms with Gasteiger partial charge in [-0.15, -0.1) is 42.0 Å². The van der Waals surface area contributed by atoms with Gasteiger partial charge in [-0.25, -0.2) is 15.0 Å². The average Bonchev–Trinajstić information content (AvgIpc) is 1.26. The molecule has 0 unspecified atom stereocenters. The SMILES string of the molecule is CCC(C)(C)C(=O)C=C(O)C(C)(C)CC.CCC(C)(C)C(=O)C=C(O)C(C)(C)CC.CCC(C)(C)C(=O)C=C(O)C(C)(C)CC.Cc1[c-]c(Oc2cc3cc(-c4ccccc4)ccc3cn2)cc(C(C)(C)C)c1.Cc1[c-]c(Oc2cc3cc(-c4ccccc4)ccc3cn2)cc(C)c1.Cc1[c-]c(Oc2cc3cc(C4CCCC4)ccc3cn2)cc(C)c1.[Ir].[Ir].[Ir]. The summed E-state index contributed by atoms with van der Waals surface area (Å²) in [7, 11) is 0. The number of rotatable bonds is 24. The first-order chi connectivity index (χ1) is 57.2. The van der Waals surface area contributed by atoms with Gasteiger partial charge in [0, 0.05) is 181 Å². The van der Waals surface area contributed by atoms with E-state index in [9.17, 15) is 29.7 Å². The van der Waals surface area contributed by atoms with Crippen LogP contribution in [-0.2, 0) is 80.1 Å². The molecule has 0 aliphatic heterocycles. The number of allylic oxidation sites excluding steroid dienone is 6. The fourth-order valence-electron chi connectivity index (χ4n) is 12.6. The quantitative estimate of drug-likeness (QED) is 0.0297. The van der Waals surface area contributed by atoms with Gasteiger partial charge < -0.3 is 29.5 Å². The number of aliphatic hydroxyl groups is 3. The van der Waals surface area contributed by atoms with E-state index < -0.39 is 0 Å². The maximum absolute atomic E-state index is 11.8. The first-order valence-corrected chi connectivity index (χ1v) is 43.5. The van der Waals surface area contributed by atoms with Crippen molar-refractivity contribution in [2.75, 3.05) is 0 Å². The van der Waals surface area contributed by atoms with Crippen LogP contribution in [0.25, 0.3) is 54.6 Å². The first-order valence-electron chi connectivity index (χ1n) is 43.5. The molecule has 0 spiro atoms. The number of aromatic nitrogens is 3. The largest absolute Gasteiger partial charge is 0.512 e. The second-order valence-electron chi connectivity index (χ2n) is 37.5. The van der Waals surface area contributed by atoms with Crippen molar-refractivity contribution in [2.45, 2.75) is 256 Å². The number of aryl methyl sites for hydroxylation is 5. The zero-order valence-electron chi connectivity index (χ0n) is 78.9. The molecule has 3 N–H and O–H groups in total. The number of benzene rings is 8. The molecule has 15 heteroatoms. The van der Waals surface area contributed by atoms with Gasteiger partial charge in [-0.3, -0.25) is 14.4 Å². The van der Waals surface area contributed by atoms with Crippen LogP contribution < -0.4 is 14.2 Å². The van der Waals surface area contributed by atoms with E-state index in [1.54, 1.807) is 0 Å². The summed E-state index contributed by atoms with van der Waals surface area (Å²) in [4.78, 5) is 48.8. The van der Waals surface area contributed by atoms with E-state index in [1.165, 1.54) is 88.2 Å². The Labute approximate surface area is 788 Å². The molecule has 3 heterocycles. The molecule has 0 saturated heterocycles. The fraction of sp³-hybridized carbons (Fsp3) is 0.400. The predicted molar refractivity (Wildman–Crippen MR) is 507 cm³/mol. The Morgan fingerprint density at radius 1 is 0.352 bits per heavy atom. The molecule has 11 aromatic rings. The number of hydrogen-bond donors (Lipinski definition) is 3. The van der Waals surface area contributed by atoms with Crippen LogP contribution in [0.3, 0.4) is 0 Å². The predicted octanol–water partition coefficient (Wildman–Crippen LogP) is 30.9. The van der Waals surface area contributed by atoms with Gasteiger partial charge >= 0.3 is 0 Å². The van der Waals surface area contributed by atoms with Gasteiger partial charge in [-0.05, 0) is 119 Å². The maximum atomic E-state index is 11.8. The van der Waals surface area contributed by atoms with Crippen molar-refractivity contribution < 1.29 is 104 Å². The van der Waals surface area contributed by atoms with Gasteiger partial charge in [-0.1, -0.05) is 296 Å². The Hall–Kier alpha value is -9.03. The Morgan fingerprint density at radius 3 is 0.952 bits per heavy atom. The van der Waals surface area contributed by atoms with Crippen LogP contribution in [0.1, 0.15) is 254 Å². The van der Waals surface area contributed by atoms with Gasteiger partial charge in [0.2, 0.25) is 17.6 Å². The van der Waals surface area contributed by atoms with E-state index in [0.29, 0.717) is 29.1 Å². The smallest absolute Gasteiger partial charge is 0.217 e. The minimum atomic E-state index is -0.377. The van der Waals surface area contributed by atoms with Crippen LogP contribution in [0, 0.1) is 85.3 Å². The van der Waals surface area contributed by atoms with Gasteiger partial charge in [0.25, 0.3) is 0 Å². The van der Waals surface area contributed by atoms with Crippen LogP contribution in [-0.4, -0.2) is 47.6 Å². The molecule has 125 heavy (non-hydrogen) atoms. The summed E-state index contributed by atoms with van der Waals surface area (Å²) in [6.07, 6.45) is 19.9. The summed E-state index contributed by atoms with van der Waals surface area (Å²) in [6.45, 7) is 51.8. The van der Waals surface area contributed by atoms with Crippen LogP contribution in [0.4, 0.5) is 0 Å². The van der Waals surface area contributed by atoms with Crippen molar-refractivity contribution in [3.05, 3.63) is 281 Å². The van der Waals surface area contributed by atoms with Crippen LogP contribution in [0.2, 0.25) is 0 Å². The van der Waals surface area contributed by atoms with Crippen molar-refractivity contribution in [2.24, 2.45) is 32.5 Å². The zero-order chi connectivity index (χ0) is 90.3. The van der Waals surface area contributed by atoms with Gasteiger partial charge in [0.1, 0.15) is 17.3 Å². The number of fused-ring (bicyclic) bond motifs is 3.